The minimum Gasteiger partial charge on any atom is -0.358 e. The average Bonchev–Trinajstić information content (AvgIpc) is 2.46. The Hall–Kier alpha value is -0.860. The van der Waals surface area contributed by atoms with Crippen LogP contribution in [-0.4, -0.2) is 51.4 Å². The highest BCUT2D eigenvalue weighted by atomic mass is 35.5. The number of benzene rings is 1. The molecule has 1 amide bonds. The van der Waals surface area contributed by atoms with E-state index in [0.29, 0.717) is 6.54 Å². The van der Waals surface area contributed by atoms with Crippen LogP contribution in [0.25, 0.3) is 0 Å². The number of nitrogens with one attached hydrogen (secondary N) is 2. The zero-order valence-electron chi connectivity index (χ0n) is 11.3. The first kappa shape index (κ1) is 16.5. The molecule has 21 heavy (non-hydrogen) atoms. The van der Waals surface area contributed by atoms with Crippen LogP contribution in [0.4, 0.5) is 0 Å². The van der Waals surface area contributed by atoms with E-state index in [9.17, 15) is 13.2 Å². The third kappa shape index (κ3) is 3.17. The molecule has 0 saturated carbocycles. The topological polar surface area (TPSA) is 78.5 Å². The molecule has 1 heterocycles. The van der Waals surface area contributed by atoms with Gasteiger partial charge in [-0.15, -0.1) is 0 Å². The summed E-state index contributed by atoms with van der Waals surface area (Å²) in [6.45, 7) is 0.859. The second-order valence-corrected chi connectivity index (χ2v) is 7.14. The van der Waals surface area contributed by atoms with Crippen molar-refractivity contribution < 1.29 is 13.2 Å². The number of hydrogen-bond donors (Lipinski definition) is 2. The predicted molar refractivity (Wildman–Crippen MR) is 81.1 cm³/mol. The zero-order chi connectivity index (χ0) is 15.6. The van der Waals surface area contributed by atoms with Crippen LogP contribution >= 0.6 is 23.2 Å². The van der Waals surface area contributed by atoms with E-state index < -0.39 is 16.1 Å². The molecule has 9 heteroatoms. The highest BCUT2D eigenvalue weighted by Gasteiger charge is 2.39. The predicted octanol–water partition coefficient (Wildman–Crippen LogP) is 0.702. The van der Waals surface area contributed by atoms with Crippen LogP contribution in [0.3, 0.4) is 0 Å². The summed E-state index contributed by atoms with van der Waals surface area (Å²) in [7, 11) is -2.50. The largest absolute Gasteiger partial charge is 0.358 e. The Morgan fingerprint density at radius 2 is 2.00 bits per heavy atom. The standard InChI is InChI=1S/C12H15Cl2N3O3S/c1-15-12(18)10-7-16-5-6-17(10)21(19,20)11-8(13)3-2-4-9(11)14/h2-4,10,16H,5-7H2,1H3,(H,15,18). The van der Waals surface area contributed by atoms with E-state index in [1.54, 1.807) is 6.07 Å². The van der Waals surface area contributed by atoms with Crippen molar-refractivity contribution in [1.82, 2.24) is 14.9 Å². The van der Waals surface area contributed by atoms with Crippen molar-refractivity contribution in [3.63, 3.8) is 0 Å². The number of halogens is 2. The maximum Gasteiger partial charge on any atom is 0.246 e. The Morgan fingerprint density at radius 3 is 2.57 bits per heavy atom. The second-order valence-electron chi connectivity index (χ2n) is 4.50. The van der Waals surface area contributed by atoms with Crippen molar-refractivity contribution in [2.75, 3.05) is 26.7 Å². The molecule has 1 unspecified atom stereocenters. The smallest absolute Gasteiger partial charge is 0.246 e. The van der Waals surface area contributed by atoms with Crippen molar-refractivity contribution >= 4 is 39.1 Å². The molecule has 0 spiro atoms. The fourth-order valence-corrected chi connectivity index (χ4v) is 4.89. The molecule has 1 aromatic rings. The number of rotatable bonds is 3. The summed E-state index contributed by atoms with van der Waals surface area (Å²) in [6, 6.07) is 3.65. The van der Waals surface area contributed by atoms with Crippen LogP contribution in [0, 0.1) is 0 Å². The van der Waals surface area contributed by atoms with E-state index in [0.717, 1.165) is 4.31 Å². The summed E-state index contributed by atoms with van der Waals surface area (Å²) in [5.74, 6) is -0.381. The number of hydrogen-bond acceptors (Lipinski definition) is 4. The first-order valence-corrected chi connectivity index (χ1v) is 8.47. The van der Waals surface area contributed by atoms with Gasteiger partial charge in [-0.3, -0.25) is 4.79 Å². The van der Waals surface area contributed by atoms with E-state index in [4.69, 9.17) is 23.2 Å². The van der Waals surface area contributed by atoms with E-state index in [1.807, 2.05) is 0 Å². The lowest BCUT2D eigenvalue weighted by atomic mass is 10.2. The maximum absolute atomic E-state index is 12.8. The molecule has 2 rings (SSSR count). The van der Waals surface area contributed by atoms with Crippen molar-refractivity contribution in [1.29, 1.82) is 0 Å². The normalized spacial score (nSPS) is 20.2. The lowest BCUT2D eigenvalue weighted by molar-refractivity contribution is -0.124. The van der Waals surface area contributed by atoms with Gasteiger partial charge in [0.15, 0.2) is 0 Å². The zero-order valence-corrected chi connectivity index (χ0v) is 13.6. The lowest BCUT2D eigenvalue weighted by Crippen LogP contribution is -2.59. The van der Waals surface area contributed by atoms with E-state index in [2.05, 4.69) is 10.6 Å². The minimum atomic E-state index is -3.96. The van der Waals surface area contributed by atoms with Crippen molar-refractivity contribution in [2.45, 2.75) is 10.9 Å². The van der Waals surface area contributed by atoms with Crippen molar-refractivity contribution in [3.8, 4) is 0 Å². The van der Waals surface area contributed by atoms with Crippen molar-refractivity contribution in [2.24, 2.45) is 0 Å². The van der Waals surface area contributed by atoms with Gasteiger partial charge in [-0.2, -0.15) is 4.31 Å². The summed E-state index contributed by atoms with van der Waals surface area (Å²) < 4.78 is 26.8. The van der Waals surface area contributed by atoms with Crippen LogP contribution in [-0.2, 0) is 14.8 Å². The Morgan fingerprint density at radius 1 is 1.38 bits per heavy atom. The lowest BCUT2D eigenvalue weighted by Gasteiger charge is -2.34. The Kier molecular flexibility index (Phi) is 5.11. The van der Waals surface area contributed by atoms with Gasteiger partial charge in [-0.1, -0.05) is 29.3 Å². The molecule has 1 aromatic carbocycles. The molecule has 2 N–H and O–H groups in total. The molecule has 1 fully saturated rings. The maximum atomic E-state index is 12.8. The van der Waals surface area contributed by atoms with Crippen LogP contribution in [0.2, 0.25) is 10.0 Å². The number of sulfonamides is 1. The highest BCUT2D eigenvalue weighted by molar-refractivity contribution is 7.89. The first-order valence-electron chi connectivity index (χ1n) is 6.27. The Labute approximate surface area is 133 Å². The monoisotopic (exact) mass is 351 g/mol. The number of amides is 1. The van der Waals surface area contributed by atoms with Crippen LogP contribution in [0.5, 0.6) is 0 Å². The number of likely N-dealkylation sites (N-methyl/N-ethyl adjacent to an activating group) is 1. The Bertz CT molecular complexity index is 631. The second kappa shape index (κ2) is 6.50. The van der Waals surface area contributed by atoms with Gasteiger partial charge in [0.05, 0.1) is 10.0 Å². The van der Waals surface area contributed by atoms with Gasteiger partial charge in [-0.05, 0) is 12.1 Å². The molecule has 0 bridgehead atoms. The van der Waals surface area contributed by atoms with Gasteiger partial charge in [-0.25, -0.2) is 8.42 Å². The average molecular weight is 352 g/mol. The van der Waals surface area contributed by atoms with Gasteiger partial charge in [0.1, 0.15) is 10.9 Å². The van der Waals surface area contributed by atoms with Gasteiger partial charge in [0, 0.05) is 26.7 Å². The summed E-state index contributed by atoms with van der Waals surface area (Å²) in [6.07, 6.45) is 0. The third-order valence-corrected chi connectivity index (χ3v) is 6.09. The molecule has 1 atom stereocenters. The van der Waals surface area contributed by atoms with Crippen LogP contribution in [0.15, 0.2) is 23.1 Å². The number of piperazine rings is 1. The fourth-order valence-electron chi connectivity index (χ4n) is 2.21. The number of carbonyl (C=O) groups is 1. The SMILES string of the molecule is CNC(=O)C1CNCCN1S(=O)(=O)c1c(Cl)cccc1Cl. The Balaban J connectivity index is 2.48. The summed E-state index contributed by atoms with van der Waals surface area (Å²) in [5.41, 5.74) is 0. The fraction of sp³-hybridized carbons (Fsp3) is 0.417. The molecule has 0 aliphatic carbocycles. The molecule has 0 aromatic heterocycles. The molecule has 0 radical (unpaired) electrons. The molecule has 1 aliphatic rings. The summed E-state index contributed by atoms with van der Waals surface area (Å²) in [5, 5.41) is 5.54. The molecule has 1 aliphatic heterocycles. The number of nitrogens with zero attached hydrogens (tertiary/aromatic N) is 1. The van der Waals surface area contributed by atoms with Gasteiger partial charge in [0.25, 0.3) is 0 Å². The molecular formula is C12H15Cl2N3O3S. The van der Waals surface area contributed by atoms with E-state index >= 15 is 0 Å². The third-order valence-electron chi connectivity index (χ3n) is 3.23. The van der Waals surface area contributed by atoms with Gasteiger partial charge >= 0.3 is 0 Å². The summed E-state index contributed by atoms with van der Waals surface area (Å²) in [4.78, 5) is 11.7. The quantitative estimate of drug-likeness (QED) is 0.840. The number of carbonyl (C=O) groups excluding carboxylic acids is 1. The molecule has 6 nitrogen and oxygen atoms in total. The van der Waals surface area contributed by atoms with Crippen LogP contribution < -0.4 is 10.6 Å². The molecule has 1 saturated heterocycles. The molecular weight excluding hydrogens is 337 g/mol. The van der Waals surface area contributed by atoms with E-state index in [1.165, 1.54) is 19.2 Å². The first-order chi connectivity index (χ1) is 9.89. The van der Waals surface area contributed by atoms with E-state index in [-0.39, 0.29) is 33.9 Å². The van der Waals surface area contributed by atoms with Gasteiger partial charge in [0.2, 0.25) is 15.9 Å². The highest BCUT2D eigenvalue weighted by Crippen LogP contribution is 2.32. The van der Waals surface area contributed by atoms with Crippen LogP contribution in [0.1, 0.15) is 0 Å². The molecule has 116 valence electrons. The van der Waals surface area contributed by atoms with Crippen molar-refractivity contribution in [3.05, 3.63) is 28.2 Å². The van der Waals surface area contributed by atoms with Gasteiger partial charge < -0.3 is 10.6 Å². The minimum absolute atomic E-state index is 0.0386. The summed E-state index contributed by atoms with van der Waals surface area (Å²) >= 11 is 12.0.